The fourth-order valence-electron chi connectivity index (χ4n) is 3.16. The molecule has 2 aromatic rings. The third-order valence-corrected chi connectivity index (χ3v) is 4.83. The molecule has 3 rings (SSSR count). The zero-order valence-corrected chi connectivity index (χ0v) is 15.7. The van der Waals surface area contributed by atoms with Gasteiger partial charge in [-0.2, -0.15) is 0 Å². The van der Waals surface area contributed by atoms with Crippen LogP contribution in [0.2, 0.25) is 0 Å². The fraction of sp³-hybridized carbons (Fsp3) is 0.455. The number of pyridine rings is 1. The van der Waals surface area contributed by atoms with E-state index in [0.29, 0.717) is 11.6 Å². The second-order valence-corrected chi connectivity index (χ2v) is 6.95. The largest absolute Gasteiger partial charge is 0.494 e. The lowest BCUT2D eigenvalue weighted by atomic mass is 10.1. The summed E-state index contributed by atoms with van der Waals surface area (Å²) in [6.07, 6.45) is 7.35. The second kappa shape index (κ2) is 8.84. The molecular formula is C22H28N2O2. The van der Waals surface area contributed by atoms with E-state index in [4.69, 9.17) is 4.74 Å². The van der Waals surface area contributed by atoms with Crippen LogP contribution in [0.1, 0.15) is 68.0 Å². The molecule has 0 bridgehead atoms. The summed E-state index contributed by atoms with van der Waals surface area (Å²) in [5, 5.41) is 0. The Labute approximate surface area is 156 Å². The molecule has 0 aliphatic heterocycles. The van der Waals surface area contributed by atoms with Crippen molar-refractivity contribution in [2.75, 3.05) is 6.61 Å². The third kappa shape index (κ3) is 4.63. The lowest BCUT2D eigenvalue weighted by Gasteiger charge is -2.29. The molecule has 4 heteroatoms. The van der Waals surface area contributed by atoms with Crippen molar-refractivity contribution >= 4 is 5.91 Å². The lowest BCUT2D eigenvalue weighted by Crippen LogP contribution is -2.35. The van der Waals surface area contributed by atoms with Crippen LogP contribution in [0.15, 0.2) is 48.7 Å². The van der Waals surface area contributed by atoms with Crippen LogP contribution in [0.4, 0.5) is 0 Å². The van der Waals surface area contributed by atoms with Gasteiger partial charge in [-0.15, -0.1) is 0 Å². The van der Waals surface area contributed by atoms with E-state index >= 15 is 0 Å². The average molecular weight is 352 g/mol. The minimum Gasteiger partial charge on any atom is -0.494 e. The van der Waals surface area contributed by atoms with Crippen LogP contribution in [-0.2, 0) is 0 Å². The van der Waals surface area contributed by atoms with Gasteiger partial charge in [-0.05, 0) is 62.6 Å². The Bertz CT molecular complexity index is 696. The predicted octanol–water partition coefficient (Wildman–Crippen LogP) is 5.02. The summed E-state index contributed by atoms with van der Waals surface area (Å²) in [5.41, 5.74) is 1.64. The summed E-state index contributed by atoms with van der Waals surface area (Å²) < 4.78 is 5.74. The molecule has 26 heavy (non-hydrogen) atoms. The van der Waals surface area contributed by atoms with E-state index in [0.717, 1.165) is 37.3 Å². The van der Waals surface area contributed by atoms with Crippen molar-refractivity contribution in [3.8, 4) is 5.75 Å². The Morgan fingerprint density at radius 3 is 2.58 bits per heavy atom. The Morgan fingerprint density at radius 1 is 1.19 bits per heavy atom. The van der Waals surface area contributed by atoms with E-state index in [9.17, 15) is 4.79 Å². The van der Waals surface area contributed by atoms with Crippen LogP contribution >= 0.6 is 0 Å². The molecule has 1 aromatic carbocycles. The summed E-state index contributed by atoms with van der Waals surface area (Å²) in [6, 6.07) is 13.7. The third-order valence-electron chi connectivity index (χ3n) is 4.83. The average Bonchev–Trinajstić information content (AvgIpc) is 3.51. The molecule has 1 amide bonds. The smallest absolute Gasteiger partial charge is 0.254 e. The van der Waals surface area contributed by atoms with E-state index in [1.54, 1.807) is 6.20 Å². The number of hydrogen-bond donors (Lipinski definition) is 0. The van der Waals surface area contributed by atoms with Crippen LogP contribution in [0.5, 0.6) is 5.75 Å². The quantitative estimate of drug-likeness (QED) is 0.595. The van der Waals surface area contributed by atoms with Gasteiger partial charge in [0.1, 0.15) is 5.75 Å². The van der Waals surface area contributed by atoms with Gasteiger partial charge in [-0.25, -0.2) is 0 Å². The monoisotopic (exact) mass is 352 g/mol. The molecule has 1 aliphatic rings. The molecule has 1 aromatic heterocycles. The summed E-state index contributed by atoms with van der Waals surface area (Å²) in [4.78, 5) is 19.5. The molecule has 0 spiro atoms. The van der Waals surface area contributed by atoms with Gasteiger partial charge in [-0.1, -0.05) is 25.8 Å². The van der Waals surface area contributed by atoms with Gasteiger partial charge in [0.05, 0.1) is 18.3 Å². The first-order valence-corrected chi connectivity index (χ1v) is 9.67. The first-order valence-electron chi connectivity index (χ1n) is 9.67. The molecule has 1 atom stereocenters. The first-order chi connectivity index (χ1) is 12.7. The number of rotatable bonds is 9. The molecular weight excluding hydrogens is 324 g/mol. The molecule has 0 N–H and O–H groups in total. The molecule has 1 saturated carbocycles. The summed E-state index contributed by atoms with van der Waals surface area (Å²) in [5.74, 6) is 0.900. The number of ether oxygens (including phenoxy) is 1. The number of hydrogen-bond acceptors (Lipinski definition) is 3. The maximum atomic E-state index is 13.1. The highest BCUT2D eigenvalue weighted by atomic mass is 16.5. The number of carbonyl (C=O) groups excluding carboxylic acids is 1. The minimum atomic E-state index is -0.0267. The maximum Gasteiger partial charge on any atom is 0.254 e. The number of nitrogens with zero attached hydrogens (tertiary/aromatic N) is 2. The van der Waals surface area contributed by atoms with Gasteiger partial charge in [0.15, 0.2) is 0 Å². The van der Waals surface area contributed by atoms with Gasteiger partial charge in [0.25, 0.3) is 5.91 Å². The van der Waals surface area contributed by atoms with Crippen molar-refractivity contribution < 1.29 is 9.53 Å². The lowest BCUT2D eigenvalue weighted by molar-refractivity contribution is 0.0670. The van der Waals surface area contributed by atoms with Crippen LogP contribution in [0, 0.1) is 0 Å². The number of amides is 1. The zero-order valence-electron chi connectivity index (χ0n) is 15.7. The van der Waals surface area contributed by atoms with Gasteiger partial charge >= 0.3 is 0 Å². The van der Waals surface area contributed by atoms with Crippen molar-refractivity contribution in [1.29, 1.82) is 0 Å². The van der Waals surface area contributed by atoms with Crippen molar-refractivity contribution in [3.05, 3.63) is 59.9 Å². The Kier molecular flexibility index (Phi) is 6.26. The molecule has 138 valence electrons. The normalized spacial score (nSPS) is 14.7. The van der Waals surface area contributed by atoms with E-state index in [2.05, 4.69) is 18.8 Å². The second-order valence-electron chi connectivity index (χ2n) is 6.95. The van der Waals surface area contributed by atoms with Crippen molar-refractivity contribution in [2.24, 2.45) is 0 Å². The van der Waals surface area contributed by atoms with Crippen LogP contribution in [-0.4, -0.2) is 28.4 Å². The van der Waals surface area contributed by atoms with Crippen LogP contribution < -0.4 is 4.74 Å². The molecule has 0 saturated heterocycles. The summed E-state index contributed by atoms with van der Waals surface area (Å²) in [7, 11) is 0. The van der Waals surface area contributed by atoms with Gasteiger partial charge in [0, 0.05) is 17.8 Å². The molecule has 1 aliphatic carbocycles. The Balaban J connectivity index is 1.68. The molecule has 4 nitrogen and oxygen atoms in total. The predicted molar refractivity (Wildman–Crippen MR) is 103 cm³/mol. The molecule has 1 unspecified atom stereocenters. The molecule has 1 heterocycles. The standard InChI is InChI=1S/C22H28N2O2/c1-3-4-7-16-26-20-13-9-18(10-14-20)22(25)24(19-11-12-19)17(2)21-8-5-6-15-23-21/h5-6,8-10,13-15,17,19H,3-4,7,11-12,16H2,1-2H3. The highest BCUT2D eigenvalue weighted by molar-refractivity contribution is 5.95. The number of unbranched alkanes of at least 4 members (excludes halogenated alkanes) is 2. The van der Waals surface area contributed by atoms with E-state index < -0.39 is 0 Å². The van der Waals surface area contributed by atoms with Crippen molar-refractivity contribution in [1.82, 2.24) is 9.88 Å². The van der Waals surface area contributed by atoms with E-state index in [1.165, 1.54) is 12.8 Å². The van der Waals surface area contributed by atoms with Crippen LogP contribution in [0.25, 0.3) is 0 Å². The summed E-state index contributed by atoms with van der Waals surface area (Å²) >= 11 is 0. The molecule has 1 fully saturated rings. The maximum absolute atomic E-state index is 13.1. The van der Waals surface area contributed by atoms with Crippen molar-refractivity contribution in [3.63, 3.8) is 0 Å². The van der Waals surface area contributed by atoms with Crippen LogP contribution in [0.3, 0.4) is 0 Å². The highest BCUT2D eigenvalue weighted by Gasteiger charge is 2.37. The number of benzene rings is 1. The van der Waals surface area contributed by atoms with Gasteiger partial charge in [0.2, 0.25) is 0 Å². The Hall–Kier alpha value is -2.36. The zero-order chi connectivity index (χ0) is 18.4. The molecule has 0 radical (unpaired) electrons. The Morgan fingerprint density at radius 2 is 1.96 bits per heavy atom. The SMILES string of the molecule is CCCCCOc1ccc(C(=O)N(C2CC2)C(C)c2ccccn2)cc1. The highest BCUT2D eigenvalue weighted by Crippen LogP contribution is 2.35. The van der Waals surface area contributed by atoms with Crippen molar-refractivity contribution in [2.45, 2.75) is 58.0 Å². The number of aromatic nitrogens is 1. The first kappa shape index (κ1) is 18.4. The topological polar surface area (TPSA) is 42.4 Å². The van der Waals surface area contributed by atoms with Gasteiger partial charge < -0.3 is 9.64 Å². The van der Waals surface area contributed by atoms with E-state index in [-0.39, 0.29) is 11.9 Å². The fourth-order valence-corrected chi connectivity index (χ4v) is 3.16. The van der Waals surface area contributed by atoms with E-state index in [1.807, 2.05) is 47.4 Å². The van der Waals surface area contributed by atoms with Gasteiger partial charge in [-0.3, -0.25) is 9.78 Å². The summed E-state index contributed by atoms with van der Waals surface area (Å²) in [6.45, 7) is 4.97. The number of carbonyl (C=O) groups is 1. The minimum absolute atomic E-state index is 0.0267.